The first-order chi connectivity index (χ1) is 16.8. The molecule has 186 valence electrons. The van der Waals surface area contributed by atoms with E-state index >= 15 is 0 Å². The van der Waals surface area contributed by atoms with Crippen molar-refractivity contribution in [3.8, 4) is 5.75 Å². The standard InChI is InChI=1S/C23H25BrN4O4S3/c1-2-3-4-5-13-32-20-11-6-16(15-19(20)24)21(29)27-22(33)26-17-7-9-18(10-8-17)35(30,31)28-23-25-12-14-34-23/h6-12,14-15H,2-5,13H2,1H3,(H,25,28)(H2,26,27,29,33). The molecule has 3 N–H and O–H groups in total. The van der Waals surface area contributed by atoms with Crippen LogP contribution in [0.25, 0.3) is 0 Å². The van der Waals surface area contributed by atoms with E-state index in [1.807, 2.05) is 0 Å². The average molecular weight is 598 g/mol. The maximum atomic E-state index is 12.6. The van der Waals surface area contributed by atoms with Crippen molar-refractivity contribution in [3.05, 3.63) is 64.1 Å². The second kappa shape index (κ2) is 13.0. The Hall–Kier alpha value is -2.54. The average Bonchev–Trinajstić information content (AvgIpc) is 3.32. The number of carbonyl (C=O) groups excluding carboxylic acids is 1. The second-order valence-electron chi connectivity index (χ2n) is 7.43. The molecular weight excluding hydrogens is 572 g/mol. The maximum absolute atomic E-state index is 12.6. The summed E-state index contributed by atoms with van der Waals surface area (Å²) in [6.45, 7) is 2.79. The van der Waals surface area contributed by atoms with Crippen molar-refractivity contribution >= 4 is 71.3 Å². The van der Waals surface area contributed by atoms with Crippen LogP contribution in [0, 0.1) is 0 Å². The largest absolute Gasteiger partial charge is 0.492 e. The summed E-state index contributed by atoms with van der Waals surface area (Å²) >= 11 is 9.86. The van der Waals surface area contributed by atoms with E-state index in [1.165, 1.54) is 42.5 Å². The van der Waals surface area contributed by atoms with E-state index in [4.69, 9.17) is 17.0 Å². The predicted octanol–water partition coefficient (Wildman–Crippen LogP) is 5.79. The summed E-state index contributed by atoms with van der Waals surface area (Å²) in [7, 11) is -3.75. The van der Waals surface area contributed by atoms with Crippen molar-refractivity contribution in [3.63, 3.8) is 0 Å². The molecule has 3 rings (SSSR count). The molecule has 3 aromatic rings. The zero-order valence-electron chi connectivity index (χ0n) is 18.9. The molecule has 1 amide bonds. The Morgan fingerprint density at radius 1 is 1.14 bits per heavy atom. The first-order valence-electron chi connectivity index (χ1n) is 10.9. The van der Waals surface area contributed by atoms with Gasteiger partial charge in [-0.05, 0) is 77.0 Å². The molecule has 1 aromatic heterocycles. The van der Waals surface area contributed by atoms with Crippen LogP contribution in [-0.2, 0) is 10.0 Å². The first kappa shape index (κ1) is 27.1. The third-order valence-electron chi connectivity index (χ3n) is 4.75. The molecule has 0 aliphatic carbocycles. The molecule has 0 atom stereocenters. The summed E-state index contributed by atoms with van der Waals surface area (Å²) in [4.78, 5) is 16.6. The fraction of sp³-hybridized carbons (Fsp3) is 0.261. The van der Waals surface area contributed by atoms with Crippen LogP contribution in [0.3, 0.4) is 0 Å². The smallest absolute Gasteiger partial charge is 0.263 e. The number of amides is 1. The number of benzene rings is 2. The zero-order chi connectivity index (χ0) is 25.3. The molecule has 0 bridgehead atoms. The third kappa shape index (κ3) is 8.27. The van der Waals surface area contributed by atoms with E-state index < -0.39 is 10.0 Å². The lowest BCUT2D eigenvalue weighted by atomic mass is 10.2. The molecule has 0 saturated heterocycles. The topological polar surface area (TPSA) is 109 Å². The van der Waals surface area contributed by atoms with Gasteiger partial charge in [0, 0.05) is 22.8 Å². The number of nitrogens with zero attached hydrogens (tertiary/aromatic N) is 1. The lowest BCUT2D eigenvalue weighted by molar-refractivity contribution is 0.0977. The molecule has 0 spiro atoms. The molecular formula is C23H25BrN4O4S3. The van der Waals surface area contributed by atoms with Crippen LogP contribution in [-0.4, -0.2) is 31.0 Å². The number of carbonyl (C=O) groups is 1. The highest BCUT2D eigenvalue weighted by atomic mass is 79.9. The minimum Gasteiger partial charge on any atom is -0.492 e. The lowest BCUT2D eigenvalue weighted by Crippen LogP contribution is -2.34. The number of aromatic nitrogens is 1. The monoisotopic (exact) mass is 596 g/mol. The normalized spacial score (nSPS) is 11.0. The van der Waals surface area contributed by atoms with Gasteiger partial charge in [0.15, 0.2) is 10.2 Å². The number of rotatable bonds is 11. The summed E-state index contributed by atoms with van der Waals surface area (Å²) in [6.07, 6.45) is 5.98. The minimum absolute atomic E-state index is 0.0747. The Labute approximate surface area is 222 Å². The molecule has 0 fully saturated rings. The van der Waals surface area contributed by atoms with E-state index in [-0.39, 0.29) is 21.0 Å². The van der Waals surface area contributed by atoms with Crippen molar-refractivity contribution in [2.24, 2.45) is 0 Å². The van der Waals surface area contributed by atoms with Crippen molar-refractivity contribution in [2.75, 3.05) is 16.6 Å². The molecule has 12 heteroatoms. The van der Waals surface area contributed by atoms with Crippen molar-refractivity contribution in [1.29, 1.82) is 0 Å². The molecule has 0 saturated carbocycles. The van der Waals surface area contributed by atoms with Crippen LogP contribution in [0.15, 0.2) is 63.4 Å². The first-order valence-corrected chi connectivity index (χ1v) is 14.4. The molecule has 1 heterocycles. The predicted molar refractivity (Wildman–Crippen MR) is 147 cm³/mol. The van der Waals surface area contributed by atoms with E-state index in [0.717, 1.165) is 12.8 Å². The van der Waals surface area contributed by atoms with Crippen LogP contribution in [0.5, 0.6) is 5.75 Å². The van der Waals surface area contributed by atoms with Gasteiger partial charge in [0.2, 0.25) is 0 Å². The van der Waals surface area contributed by atoms with Gasteiger partial charge in [-0.15, -0.1) is 11.3 Å². The van der Waals surface area contributed by atoms with E-state index in [1.54, 1.807) is 35.7 Å². The number of unbranched alkanes of at least 4 members (excludes halogenated alkanes) is 3. The molecule has 35 heavy (non-hydrogen) atoms. The summed E-state index contributed by atoms with van der Waals surface area (Å²) in [5.74, 6) is 0.294. The quantitative estimate of drug-likeness (QED) is 0.190. The molecule has 0 aliphatic heterocycles. The second-order valence-corrected chi connectivity index (χ2v) is 11.3. The molecule has 8 nitrogen and oxygen atoms in total. The number of thiocarbonyl (C=S) groups is 1. The Kier molecular flexibility index (Phi) is 10.0. The number of anilines is 2. The van der Waals surface area contributed by atoms with Gasteiger partial charge in [0.1, 0.15) is 5.75 Å². The van der Waals surface area contributed by atoms with Gasteiger partial charge in [0.25, 0.3) is 15.9 Å². The highest BCUT2D eigenvalue weighted by Crippen LogP contribution is 2.26. The number of hydrogen-bond donors (Lipinski definition) is 3. The van der Waals surface area contributed by atoms with Crippen LogP contribution >= 0.6 is 39.5 Å². The minimum atomic E-state index is -3.75. The number of sulfonamides is 1. The van der Waals surface area contributed by atoms with Crippen LogP contribution in [0.1, 0.15) is 43.0 Å². The summed E-state index contributed by atoms with van der Waals surface area (Å²) < 4.78 is 33.7. The zero-order valence-corrected chi connectivity index (χ0v) is 23.0. The van der Waals surface area contributed by atoms with Crippen LogP contribution < -0.4 is 20.1 Å². The van der Waals surface area contributed by atoms with Gasteiger partial charge in [-0.2, -0.15) is 0 Å². The van der Waals surface area contributed by atoms with Gasteiger partial charge >= 0.3 is 0 Å². The molecule has 0 aliphatic rings. The van der Waals surface area contributed by atoms with E-state index in [2.05, 4.69) is 43.2 Å². The van der Waals surface area contributed by atoms with Gasteiger partial charge in [0.05, 0.1) is 16.0 Å². The molecule has 2 aromatic carbocycles. The van der Waals surface area contributed by atoms with Crippen molar-refractivity contribution < 1.29 is 17.9 Å². The fourth-order valence-corrected chi connectivity index (χ4v) is 5.47. The Morgan fingerprint density at radius 3 is 2.57 bits per heavy atom. The number of nitrogens with one attached hydrogen (secondary N) is 3. The third-order valence-corrected chi connectivity index (χ3v) is 7.75. The fourth-order valence-electron chi connectivity index (χ4n) is 2.97. The Morgan fingerprint density at radius 2 is 1.91 bits per heavy atom. The van der Waals surface area contributed by atoms with Crippen LogP contribution in [0.4, 0.5) is 10.8 Å². The number of thiazole rings is 1. The van der Waals surface area contributed by atoms with Gasteiger partial charge < -0.3 is 10.1 Å². The SMILES string of the molecule is CCCCCCOc1ccc(C(=O)NC(=S)Nc2ccc(S(=O)(=O)Nc3nccs3)cc2)cc1Br. The van der Waals surface area contributed by atoms with Gasteiger partial charge in [-0.25, -0.2) is 13.4 Å². The highest BCUT2D eigenvalue weighted by Gasteiger charge is 2.16. The maximum Gasteiger partial charge on any atom is 0.263 e. The molecule has 0 radical (unpaired) electrons. The van der Waals surface area contributed by atoms with Crippen molar-refractivity contribution in [1.82, 2.24) is 10.3 Å². The number of halogens is 1. The van der Waals surface area contributed by atoms with Crippen LogP contribution in [0.2, 0.25) is 0 Å². The van der Waals surface area contributed by atoms with Gasteiger partial charge in [-0.1, -0.05) is 26.2 Å². The number of hydrogen-bond acceptors (Lipinski definition) is 7. The van der Waals surface area contributed by atoms with E-state index in [9.17, 15) is 13.2 Å². The van der Waals surface area contributed by atoms with E-state index in [0.29, 0.717) is 28.1 Å². The highest BCUT2D eigenvalue weighted by molar-refractivity contribution is 9.10. The number of ether oxygens (including phenoxy) is 1. The van der Waals surface area contributed by atoms with Crippen molar-refractivity contribution in [2.45, 2.75) is 37.5 Å². The molecule has 0 unspecified atom stereocenters. The summed E-state index contributed by atoms with van der Waals surface area (Å²) in [5.41, 5.74) is 0.936. The lowest BCUT2D eigenvalue weighted by Gasteiger charge is -2.12. The Balaban J connectivity index is 1.52. The Bertz CT molecular complexity index is 1250. The summed E-state index contributed by atoms with van der Waals surface area (Å²) in [6, 6.07) is 11.1. The van der Waals surface area contributed by atoms with Gasteiger partial charge in [-0.3, -0.25) is 14.8 Å². The summed E-state index contributed by atoms with van der Waals surface area (Å²) in [5, 5.41) is 7.54.